The molecule has 0 saturated carbocycles. The molecule has 1 fully saturated rings. The van der Waals surface area contributed by atoms with Crippen LogP contribution in [0, 0.1) is 19.8 Å². The van der Waals surface area contributed by atoms with Crippen molar-refractivity contribution in [1.29, 1.82) is 0 Å². The van der Waals surface area contributed by atoms with Crippen LogP contribution in [0.4, 0.5) is 0 Å². The van der Waals surface area contributed by atoms with E-state index in [1.54, 1.807) is 18.3 Å². The van der Waals surface area contributed by atoms with Crippen molar-refractivity contribution in [2.45, 2.75) is 77.0 Å². The number of hydrogen-bond acceptors (Lipinski definition) is 8. The maximum absolute atomic E-state index is 13.9. The highest BCUT2D eigenvalue weighted by Crippen LogP contribution is 2.36. The van der Waals surface area contributed by atoms with Gasteiger partial charge in [0.25, 0.3) is 0 Å². The number of aryl methyl sites for hydroxylation is 3. The zero-order valence-corrected chi connectivity index (χ0v) is 27.7. The van der Waals surface area contributed by atoms with Crippen LogP contribution in [0.2, 0.25) is 0 Å². The zero-order valence-electron chi connectivity index (χ0n) is 26.9. The van der Waals surface area contributed by atoms with Crippen molar-refractivity contribution in [1.82, 2.24) is 29.6 Å². The fourth-order valence-corrected chi connectivity index (χ4v) is 7.93. The van der Waals surface area contributed by atoms with Gasteiger partial charge in [0.2, 0.25) is 21.8 Å². The van der Waals surface area contributed by atoms with E-state index in [2.05, 4.69) is 32.7 Å². The van der Waals surface area contributed by atoms with E-state index in [0.29, 0.717) is 32.0 Å². The van der Waals surface area contributed by atoms with Crippen molar-refractivity contribution in [2.24, 2.45) is 5.92 Å². The van der Waals surface area contributed by atoms with Crippen LogP contribution < -0.4 is 10.1 Å². The lowest BCUT2D eigenvalue weighted by Gasteiger charge is -2.25. The Bertz CT molecular complexity index is 1840. The van der Waals surface area contributed by atoms with E-state index >= 15 is 0 Å². The van der Waals surface area contributed by atoms with Gasteiger partial charge >= 0.3 is 0 Å². The summed E-state index contributed by atoms with van der Waals surface area (Å²) in [6, 6.07) is 13.4. The second-order valence-corrected chi connectivity index (χ2v) is 14.2. The monoisotopic (exact) mass is 646 g/mol. The van der Waals surface area contributed by atoms with E-state index in [-0.39, 0.29) is 48.2 Å². The lowest BCUT2D eigenvalue weighted by molar-refractivity contribution is -0.121. The summed E-state index contributed by atoms with van der Waals surface area (Å²) in [7, 11) is -3.87. The SMILES string of the molecule is CC[C@@H]1CN(Cc2cc(C(CC(=O)NCC3CCOC3)c3ccc4c(nnn4CC)c3C)ccc2C)S(=O)(=O)c2cccnc2O1. The number of carbonyl (C=O) groups excluding carboxylic acids is 1. The Labute approximate surface area is 270 Å². The van der Waals surface area contributed by atoms with Gasteiger partial charge < -0.3 is 14.8 Å². The summed E-state index contributed by atoms with van der Waals surface area (Å²) < 4.78 is 42.7. The molecule has 0 aliphatic carbocycles. The predicted octanol–water partition coefficient (Wildman–Crippen LogP) is 4.50. The van der Waals surface area contributed by atoms with Gasteiger partial charge in [0.05, 0.1) is 18.7 Å². The number of hydrogen-bond donors (Lipinski definition) is 1. The lowest BCUT2D eigenvalue weighted by atomic mass is 9.84. The molecule has 6 rings (SSSR count). The average molecular weight is 647 g/mol. The van der Waals surface area contributed by atoms with Crippen LogP contribution >= 0.6 is 0 Å². The first-order valence-corrected chi connectivity index (χ1v) is 17.5. The van der Waals surface area contributed by atoms with E-state index in [9.17, 15) is 13.2 Å². The number of nitrogens with one attached hydrogen (secondary N) is 1. The number of aromatic nitrogens is 4. The van der Waals surface area contributed by atoms with Crippen molar-refractivity contribution in [2.75, 3.05) is 26.3 Å². The average Bonchev–Trinajstić information content (AvgIpc) is 3.72. The van der Waals surface area contributed by atoms with Crippen LogP contribution in [-0.4, -0.2) is 71.0 Å². The van der Waals surface area contributed by atoms with Crippen LogP contribution in [0.1, 0.15) is 66.8 Å². The highest BCUT2D eigenvalue weighted by atomic mass is 32.2. The summed E-state index contributed by atoms with van der Waals surface area (Å²) in [4.78, 5) is 17.8. The summed E-state index contributed by atoms with van der Waals surface area (Å²) in [5.41, 5.74) is 6.50. The summed E-state index contributed by atoms with van der Waals surface area (Å²) in [5.74, 6) is 0.136. The van der Waals surface area contributed by atoms with Crippen molar-refractivity contribution in [3.63, 3.8) is 0 Å². The van der Waals surface area contributed by atoms with Gasteiger partial charge in [-0.05, 0) is 79.6 Å². The molecule has 3 atom stereocenters. The number of fused-ring (bicyclic) bond motifs is 2. The zero-order chi connectivity index (χ0) is 32.4. The Balaban J connectivity index is 1.36. The molecule has 1 N–H and O–H groups in total. The first-order chi connectivity index (χ1) is 22.2. The minimum Gasteiger partial charge on any atom is -0.472 e. The van der Waals surface area contributed by atoms with Crippen molar-refractivity contribution in [3.8, 4) is 5.88 Å². The van der Waals surface area contributed by atoms with E-state index in [1.165, 1.54) is 4.31 Å². The normalized spacial score (nSPS) is 20.2. The molecule has 2 unspecified atom stereocenters. The molecule has 2 aromatic heterocycles. The minimum absolute atomic E-state index is 0.0436. The number of pyridine rings is 1. The van der Waals surface area contributed by atoms with Gasteiger partial charge in [0.1, 0.15) is 16.5 Å². The summed E-state index contributed by atoms with van der Waals surface area (Å²) in [6.45, 7) is 11.1. The fourth-order valence-electron chi connectivity index (χ4n) is 6.41. The fraction of sp³-hybridized carbons (Fsp3) is 0.471. The number of sulfonamides is 1. The number of amides is 1. The van der Waals surface area contributed by atoms with Crippen molar-refractivity contribution in [3.05, 3.63) is 76.5 Å². The van der Waals surface area contributed by atoms with Crippen LogP contribution in [0.5, 0.6) is 5.88 Å². The van der Waals surface area contributed by atoms with Gasteiger partial charge in [0.15, 0.2) is 0 Å². The maximum Gasteiger partial charge on any atom is 0.248 e. The lowest BCUT2D eigenvalue weighted by Crippen LogP contribution is -2.36. The van der Waals surface area contributed by atoms with Crippen LogP contribution in [0.25, 0.3) is 11.0 Å². The highest BCUT2D eigenvalue weighted by molar-refractivity contribution is 7.89. The number of benzene rings is 2. The Kier molecular flexibility index (Phi) is 9.39. The Morgan fingerprint density at radius 3 is 2.76 bits per heavy atom. The molecule has 0 radical (unpaired) electrons. The van der Waals surface area contributed by atoms with Crippen LogP contribution in [-0.2, 0) is 32.6 Å². The molecule has 0 spiro atoms. The molecule has 46 heavy (non-hydrogen) atoms. The third kappa shape index (κ3) is 6.38. The summed E-state index contributed by atoms with van der Waals surface area (Å²) >= 11 is 0. The molecule has 12 heteroatoms. The van der Waals surface area contributed by atoms with Crippen LogP contribution in [0.15, 0.2) is 53.6 Å². The van der Waals surface area contributed by atoms with Gasteiger partial charge in [-0.25, -0.2) is 18.1 Å². The third-order valence-corrected chi connectivity index (χ3v) is 11.1. The molecular weight excluding hydrogens is 604 g/mol. The molecule has 2 aliphatic rings. The molecule has 2 aliphatic heterocycles. The second kappa shape index (κ2) is 13.5. The number of rotatable bonds is 10. The maximum atomic E-state index is 13.9. The second-order valence-electron chi connectivity index (χ2n) is 12.3. The van der Waals surface area contributed by atoms with E-state index < -0.39 is 10.0 Å². The van der Waals surface area contributed by atoms with Crippen molar-refractivity contribution < 1.29 is 22.7 Å². The third-order valence-electron chi connectivity index (χ3n) is 9.28. The molecule has 2 aromatic carbocycles. The van der Waals surface area contributed by atoms with Crippen LogP contribution in [0.3, 0.4) is 0 Å². The molecule has 4 aromatic rings. The summed E-state index contributed by atoms with van der Waals surface area (Å²) in [5, 5.41) is 11.9. The molecule has 1 amide bonds. The van der Waals surface area contributed by atoms with Gasteiger partial charge in [-0.1, -0.05) is 36.4 Å². The van der Waals surface area contributed by atoms with E-state index in [4.69, 9.17) is 9.47 Å². The first kappa shape index (κ1) is 32.1. The molecule has 11 nitrogen and oxygen atoms in total. The van der Waals surface area contributed by atoms with Crippen molar-refractivity contribution >= 4 is 27.0 Å². The van der Waals surface area contributed by atoms with Gasteiger partial charge in [0, 0.05) is 50.7 Å². The molecule has 0 bridgehead atoms. The predicted molar refractivity (Wildman–Crippen MR) is 174 cm³/mol. The Morgan fingerprint density at radius 1 is 1.15 bits per heavy atom. The molecule has 1 saturated heterocycles. The largest absolute Gasteiger partial charge is 0.472 e. The van der Waals surface area contributed by atoms with Gasteiger partial charge in [-0.2, -0.15) is 4.31 Å². The van der Waals surface area contributed by atoms with E-state index in [1.807, 2.05) is 50.6 Å². The Hall–Kier alpha value is -3.87. The topological polar surface area (TPSA) is 129 Å². The molecular formula is C34H42N6O5S. The Morgan fingerprint density at radius 2 is 2.00 bits per heavy atom. The number of carbonyl (C=O) groups is 1. The first-order valence-electron chi connectivity index (χ1n) is 16.1. The summed E-state index contributed by atoms with van der Waals surface area (Å²) in [6.07, 6.45) is 3.02. The van der Waals surface area contributed by atoms with E-state index in [0.717, 1.165) is 51.9 Å². The smallest absolute Gasteiger partial charge is 0.248 e. The molecule has 244 valence electrons. The minimum atomic E-state index is -3.87. The number of ether oxygens (including phenoxy) is 2. The van der Waals surface area contributed by atoms with Gasteiger partial charge in [-0.3, -0.25) is 4.79 Å². The molecule has 4 heterocycles. The van der Waals surface area contributed by atoms with Gasteiger partial charge in [-0.15, -0.1) is 5.10 Å². The quantitative estimate of drug-likeness (QED) is 0.267. The number of nitrogens with zero attached hydrogens (tertiary/aromatic N) is 5. The standard InChI is InChI=1S/C34H42N6O5S/c1-5-27-20-39(46(42,43)31-8-7-14-35-34(31)45-27)19-26-16-25(10-9-22(26)3)29(17-32(41)36-18-24-13-15-44-21-24)28-11-12-30-33(23(28)4)37-38-40(30)6-2/h7-12,14,16,24,27,29H,5-6,13,15,17-21H2,1-4H3,(H,36,41)/t24?,27-,29?/m1/s1. The highest BCUT2D eigenvalue weighted by Gasteiger charge is 2.35.